The van der Waals surface area contributed by atoms with Crippen molar-refractivity contribution in [3.8, 4) is 17.2 Å². The van der Waals surface area contributed by atoms with Gasteiger partial charge in [0, 0.05) is 23.7 Å². The van der Waals surface area contributed by atoms with E-state index in [0.717, 1.165) is 23.3 Å². The highest BCUT2D eigenvalue weighted by atomic mass is 19.4. The Kier molecular flexibility index (Phi) is 5.40. The molecule has 28 heavy (non-hydrogen) atoms. The molecule has 1 heterocycles. The van der Waals surface area contributed by atoms with Gasteiger partial charge in [-0.25, -0.2) is 0 Å². The van der Waals surface area contributed by atoms with E-state index in [1.807, 2.05) is 13.0 Å². The number of benzene rings is 2. The molecule has 1 aliphatic heterocycles. The molecule has 5 nitrogen and oxygen atoms in total. The van der Waals surface area contributed by atoms with Gasteiger partial charge in [0.05, 0.1) is 20.3 Å². The largest absolute Gasteiger partial charge is 0.573 e. The smallest absolute Gasteiger partial charge is 0.497 e. The van der Waals surface area contributed by atoms with Gasteiger partial charge in [-0.2, -0.15) is 0 Å². The van der Waals surface area contributed by atoms with Crippen LogP contribution in [0.5, 0.6) is 17.2 Å². The molecule has 0 spiro atoms. The number of rotatable bonds is 4. The Morgan fingerprint density at radius 2 is 1.86 bits per heavy atom. The van der Waals surface area contributed by atoms with Crippen molar-refractivity contribution in [3.63, 3.8) is 0 Å². The molecule has 2 aromatic rings. The van der Waals surface area contributed by atoms with E-state index in [-0.39, 0.29) is 17.5 Å². The topological polar surface area (TPSA) is 48.0 Å². The number of methoxy groups -OCH3 is 2. The SMILES string of the molecule is COc1cc2c(c(OC)c1)C(C)N(C(=O)c1cccc(OC(F)(F)F)c1)CC2. The molecular weight excluding hydrogens is 375 g/mol. The first-order chi connectivity index (χ1) is 13.2. The maximum absolute atomic E-state index is 13.0. The van der Waals surface area contributed by atoms with Crippen LogP contribution < -0.4 is 14.2 Å². The van der Waals surface area contributed by atoms with Gasteiger partial charge in [0.1, 0.15) is 17.2 Å². The lowest BCUT2D eigenvalue weighted by atomic mass is 9.91. The van der Waals surface area contributed by atoms with Gasteiger partial charge >= 0.3 is 6.36 Å². The van der Waals surface area contributed by atoms with Crippen LogP contribution in [0.15, 0.2) is 36.4 Å². The molecule has 1 amide bonds. The molecule has 0 N–H and O–H groups in total. The molecule has 0 radical (unpaired) electrons. The molecule has 1 unspecified atom stereocenters. The molecule has 1 aliphatic rings. The molecule has 2 aromatic carbocycles. The summed E-state index contributed by atoms with van der Waals surface area (Å²) in [4.78, 5) is 14.6. The van der Waals surface area contributed by atoms with Crippen LogP contribution in [0, 0.1) is 0 Å². The second-order valence-electron chi connectivity index (χ2n) is 6.40. The summed E-state index contributed by atoms with van der Waals surface area (Å²) in [6, 6.07) is 8.44. The van der Waals surface area contributed by atoms with Gasteiger partial charge in [0.15, 0.2) is 0 Å². The van der Waals surface area contributed by atoms with Crippen molar-refractivity contribution in [1.29, 1.82) is 0 Å². The van der Waals surface area contributed by atoms with Gasteiger partial charge in [0.25, 0.3) is 5.91 Å². The monoisotopic (exact) mass is 395 g/mol. The van der Waals surface area contributed by atoms with Crippen LogP contribution in [0.1, 0.15) is 34.5 Å². The number of fused-ring (bicyclic) bond motifs is 1. The van der Waals surface area contributed by atoms with E-state index in [2.05, 4.69) is 4.74 Å². The summed E-state index contributed by atoms with van der Waals surface area (Å²) in [7, 11) is 3.11. The minimum atomic E-state index is -4.81. The highest BCUT2D eigenvalue weighted by Crippen LogP contribution is 2.40. The molecule has 0 aromatic heterocycles. The molecule has 150 valence electrons. The number of alkyl halides is 3. The van der Waals surface area contributed by atoms with Crippen LogP contribution in [0.4, 0.5) is 13.2 Å². The van der Waals surface area contributed by atoms with Crippen LogP contribution >= 0.6 is 0 Å². The number of carbonyl (C=O) groups is 1. The minimum absolute atomic E-state index is 0.129. The van der Waals surface area contributed by atoms with Crippen molar-refractivity contribution in [2.24, 2.45) is 0 Å². The summed E-state index contributed by atoms with van der Waals surface area (Å²) in [5.41, 5.74) is 2.01. The predicted octanol–water partition coefficient (Wildman–Crippen LogP) is 4.36. The third-order valence-corrected chi connectivity index (χ3v) is 4.74. The summed E-state index contributed by atoms with van der Waals surface area (Å²) >= 11 is 0. The first-order valence-electron chi connectivity index (χ1n) is 8.65. The molecule has 0 saturated heterocycles. The summed E-state index contributed by atoms with van der Waals surface area (Å²) in [5.74, 6) is 0.474. The third-order valence-electron chi connectivity index (χ3n) is 4.74. The number of ether oxygens (including phenoxy) is 3. The average Bonchev–Trinajstić information content (AvgIpc) is 2.65. The lowest BCUT2D eigenvalue weighted by Crippen LogP contribution is -2.39. The van der Waals surface area contributed by atoms with E-state index in [0.29, 0.717) is 24.5 Å². The lowest BCUT2D eigenvalue weighted by molar-refractivity contribution is -0.274. The number of amides is 1. The van der Waals surface area contributed by atoms with Crippen LogP contribution in [0.2, 0.25) is 0 Å². The fourth-order valence-electron chi connectivity index (χ4n) is 3.48. The second kappa shape index (κ2) is 7.61. The van der Waals surface area contributed by atoms with Crippen molar-refractivity contribution in [3.05, 3.63) is 53.1 Å². The van der Waals surface area contributed by atoms with Crippen molar-refractivity contribution < 1.29 is 32.2 Å². The Morgan fingerprint density at radius 3 is 2.50 bits per heavy atom. The molecule has 0 aliphatic carbocycles. The fourth-order valence-corrected chi connectivity index (χ4v) is 3.48. The van der Waals surface area contributed by atoms with E-state index in [1.54, 1.807) is 25.2 Å². The predicted molar refractivity (Wildman–Crippen MR) is 95.8 cm³/mol. The maximum atomic E-state index is 13.0. The van der Waals surface area contributed by atoms with Crippen LogP contribution in [-0.2, 0) is 6.42 Å². The lowest BCUT2D eigenvalue weighted by Gasteiger charge is -2.36. The Labute approximate surface area is 160 Å². The highest BCUT2D eigenvalue weighted by molar-refractivity contribution is 5.95. The summed E-state index contributed by atoms with van der Waals surface area (Å²) in [5, 5.41) is 0. The third kappa shape index (κ3) is 4.00. The van der Waals surface area contributed by atoms with E-state index in [4.69, 9.17) is 9.47 Å². The average molecular weight is 395 g/mol. The summed E-state index contributed by atoms with van der Waals surface area (Å²) in [6.07, 6.45) is -4.23. The first kappa shape index (κ1) is 19.9. The van der Waals surface area contributed by atoms with Gasteiger partial charge in [-0.3, -0.25) is 4.79 Å². The molecule has 3 rings (SSSR count). The van der Waals surface area contributed by atoms with E-state index in [9.17, 15) is 18.0 Å². The van der Waals surface area contributed by atoms with Gasteiger partial charge in [-0.1, -0.05) is 6.07 Å². The quantitative estimate of drug-likeness (QED) is 0.772. The number of hydrogen-bond acceptors (Lipinski definition) is 4. The van der Waals surface area contributed by atoms with Crippen molar-refractivity contribution >= 4 is 5.91 Å². The molecule has 8 heteroatoms. The van der Waals surface area contributed by atoms with Gasteiger partial charge in [-0.05, 0) is 43.2 Å². The van der Waals surface area contributed by atoms with Crippen LogP contribution in [-0.4, -0.2) is 37.9 Å². The Morgan fingerprint density at radius 1 is 1.11 bits per heavy atom. The molecular formula is C20H20F3NO4. The minimum Gasteiger partial charge on any atom is -0.497 e. The zero-order valence-electron chi connectivity index (χ0n) is 15.7. The molecule has 0 fully saturated rings. The standard InChI is InChI=1S/C20H20F3NO4/c1-12-18-13(9-16(26-2)11-17(18)27-3)7-8-24(12)19(25)14-5-4-6-15(10-14)28-20(21,22)23/h4-6,9-12H,7-8H2,1-3H3. The number of carbonyl (C=O) groups excluding carboxylic acids is 1. The first-order valence-corrected chi connectivity index (χ1v) is 8.65. The van der Waals surface area contributed by atoms with Gasteiger partial charge < -0.3 is 19.1 Å². The highest BCUT2D eigenvalue weighted by Gasteiger charge is 2.33. The Bertz CT molecular complexity index is 865. The number of halogens is 3. The van der Waals surface area contributed by atoms with Gasteiger partial charge in [-0.15, -0.1) is 13.2 Å². The van der Waals surface area contributed by atoms with Crippen molar-refractivity contribution in [2.45, 2.75) is 25.7 Å². The Hall–Kier alpha value is -2.90. The van der Waals surface area contributed by atoms with Crippen molar-refractivity contribution in [2.75, 3.05) is 20.8 Å². The van der Waals surface area contributed by atoms with E-state index in [1.165, 1.54) is 12.1 Å². The molecule has 0 saturated carbocycles. The summed E-state index contributed by atoms with van der Waals surface area (Å²) in [6.45, 7) is 2.29. The molecule has 0 bridgehead atoms. The van der Waals surface area contributed by atoms with Crippen LogP contribution in [0.3, 0.4) is 0 Å². The summed E-state index contributed by atoms with van der Waals surface area (Å²) < 4.78 is 52.1. The zero-order chi connectivity index (χ0) is 20.5. The van der Waals surface area contributed by atoms with Gasteiger partial charge in [0.2, 0.25) is 0 Å². The maximum Gasteiger partial charge on any atom is 0.573 e. The van der Waals surface area contributed by atoms with E-state index < -0.39 is 12.1 Å². The van der Waals surface area contributed by atoms with Crippen molar-refractivity contribution in [1.82, 2.24) is 4.90 Å². The van der Waals surface area contributed by atoms with E-state index >= 15 is 0 Å². The normalized spacial score (nSPS) is 16.4. The molecule has 1 atom stereocenters. The fraction of sp³-hybridized carbons (Fsp3) is 0.350. The number of nitrogens with zero attached hydrogens (tertiary/aromatic N) is 1. The van der Waals surface area contributed by atoms with Crippen LogP contribution in [0.25, 0.3) is 0 Å². The zero-order valence-corrected chi connectivity index (χ0v) is 15.7. The second-order valence-corrected chi connectivity index (χ2v) is 6.40. The Balaban J connectivity index is 1.90. The number of hydrogen-bond donors (Lipinski definition) is 0.